The smallest absolute Gasteiger partial charge is 0.417 e. The number of nitrogens with zero attached hydrogens (tertiary/aromatic N) is 4. The lowest BCUT2D eigenvalue weighted by Crippen LogP contribution is -2.51. The van der Waals surface area contributed by atoms with Crippen molar-refractivity contribution in [3.8, 4) is 17.9 Å². The second kappa shape index (κ2) is 10.1. The second-order valence-electron chi connectivity index (χ2n) is 9.88. The first-order valence-corrected chi connectivity index (χ1v) is 11.2. The molecule has 1 aromatic heterocycles. The van der Waals surface area contributed by atoms with Gasteiger partial charge in [-0.25, -0.2) is 4.79 Å². The van der Waals surface area contributed by atoms with Gasteiger partial charge >= 0.3 is 12.3 Å². The van der Waals surface area contributed by atoms with E-state index in [1.165, 1.54) is 30.1 Å². The van der Waals surface area contributed by atoms with Crippen molar-refractivity contribution in [3.05, 3.63) is 47.3 Å². The minimum absolute atomic E-state index is 0.0289. The molecule has 37 heavy (non-hydrogen) atoms. The van der Waals surface area contributed by atoms with Crippen molar-refractivity contribution >= 4 is 17.7 Å². The van der Waals surface area contributed by atoms with Crippen molar-refractivity contribution < 1.29 is 32.6 Å². The Hall–Kier alpha value is -4.03. The molecule has 1 aromatic carbocycles. The number of rotatable bonds is 4. The van der Waals surface area contributed by atoms with Gasteiger partial charge in [-0.1, -0.05) is 11.8 Å². The highest BCUT2D eigenvalue weighted by Gasteiger charge is 2.36. The number of likely N-dealkylation sites (tertiary alicyclic amines) is 1. The second-order valence-corrected chi connectivity index (χ2v) is 9.88. The molecular formula is C25H26F3N5O4. The van der Waals surface area contributed by atoms with Gasteiger partial charge in [0.2, 0.25) is 0 Å². The molecule has 1 aliphatic heterocycles. The summed E-state index contributed by atoms with van der Waals surface area (Å²) in [5, 5.41) is 25.8. The molecule has 12 heteroatoms. The zero-order chi connectivity index (χ0) is 27.6. The number of nitrogens with one attached hydrogen (secondary N) is 1. The average molecular weight is 518 g/mol. The van der Waals surface area contributed by atoms with Crippen LogP contribution in [0.4, 0.5) is 23.7 Å². The molecule has 0 aliphatic carbocycles. The fourth-order valence-electron chi connectivity index (χ4n) is 3.35. The summed E-state index contributed by atoms with van der Waals surface area (Å²) in [5.41, 5.74) is -4.07. The SMILES string of the molecule is CC(C)(C)OC(=O)N1CC(C#Cc2cnn(C[C@](C)(O)C(=O)Nc3ccc(C#N)c(C(F)(F)F)c3)c2)C1. The number of hydrogen-bond donors (Lipinski definition) is 2. The van der Waals surface area contributed by atoms with Crippen molar-refractivity contribution in [2.45, 2.75) is 51.6 Å². The van der Waals surface area contributed by atoms with Gasteiger partial charge in [-0.3, -0.25) is 9.48 Å². The molecule has 0 unspecified atom stereocenters. The first kappa shape index (κ1) is 27.6. The number of halogens is 3. The molecule has 1 aliphatic rings. The molecule has 3 rings (SSSR count). The first-order chi connectivity index (χ1) is 17.1. The third kappa shape index (κ3) is 7.24. The Morgan fingerprint density at radius 3 is 2.51 bits per heavy atom. The van der Waals surface area contributed by atoms with E-state index in [4.69, 9.17) is 10.00 Å². The number of hydrogen-bond acceptors (Lipinski definition) is 6. The van der Waals surface area contributed by atoms with Crippen LogP contribution >= 0.6 is 0 Å². The lowest BCUT2D eigenvalue weighted by atomic mass is 10.0. The number of anilines is 1. The number of ether oxygens (including phenoxy) is 1. The molecule has 2 amide bonds. The zero-order valence-electron chi connectivity index (χ0n) is 20.7. The van der Waals surface area contributed by atoms with E-state index in [2.05, 4.69) is 22.3 Å². The summed E-state index contributed by atoms with van der Waals surface area (Å²) in [7, 11) is 0. The highest BCUT2D eigenvalue weighted by molar-refractivity contribution is 5.96. The van der Waals surface area contributed by atoms with Crippen LogP contribution in [-0.4, -0.2) is 56.1 Å². The van der Waals surface area contributed by atoms with Crippen LogP contribution in [0, 0.1) is 29.1 Å². The number of benzene rings is 1. The van der Waals surface area contributed by atoms with Gasteiger partial charge in [0.05, 0.1) is 41.4 Å². The largest absolute Gasteiger partial charge is 0.444 e. The summed E-state index contributed by atoms with van der Waals surface area (Å²) in [6.45, 7) is 7.15. The number of amides is 2. The monoisotopic (exact) mass is 517 g/mol. The quantitative estimate of drug-likeness (QED) is 0.600. The molecule has 0 bridgehead atoms. The number of aromatic nitrogens is 2. The van der Waals surface area contributed by atoms with E-state index in [1.54, 1.807) is 25.7 Å². The van der Waals surface area contributed by atoms with Crippen molar-refractivity contribution in [1.82, 2.24) is 14.7 Å². The molecule has 0 spiro atoms. The number of carbonyl (C=O) groups is 2. The highest BCUT2D eigenvalue weighted by Crippen LogP contribution is 2.33. The Morgan fingerprint density at radius 2 is 1.92 bits per heavy atom. The summed E-state index contributed by atoms with van der Waals surface area (Å²) in [4.78, 5) is 26.1. The predicted molar refractivity (Wildman–Crippen MR) is 126 cm³/mol. The molecule has 2 aromatic rings. The molecule has 0 radical (unpaired) electrons. The lowest BCUT2D eigenvalue weighted by Gasteiger charge is -2.37. The fraction of sp³-hybridized carbons (Fsp3) is 0.440. The molecule has 2 N–H and O–H groups in total. The van der Waals surface area contributed by atoms with Crippen LogP contribution < -0.4 is 5.32 Å². The third-order valence-electron chi connectivity index (χ3n) is 5.25. The van der Waals surface area contributed by atoms with Gasteiger partial charge in [0, 0.05) is 25.0 Å². The van der Waals surface area contributed by atoms with E-state index in [1.807, 2.05) is 0 Å². The van der Waals surface area contributed by atoms with E-state index in [-0.39, 0.29) is 18.2 Å². The normalized spacial score (nSPS) is 15.5. The van der Waals surface area contributed by atoms with E-state index >= 15 is 0 Å². The Labute approximate surface area is 211 Å². The number of carbonyl (C=O) groups excluding carboxylic acids is 2. The van der Waals surface area contributed by atoms with Crippen LogP contribution in [0.2, 0.25) is 0 Å². The Bertz CT molecular complexity index is 1290. The van der Waals surface area contributed by atoms with Gasteiger partial charge in [0.15, 0.2) is 5.60 Å². The van der Waals surface area contributed by atoms with Crippen LogP contribution in [0.1, 0.15) is 44.4 Å². The van der Waals surface area contributed by atoms with Gasteiger partial charge < -0.3 is 20.1 Å². The molecule has 196 valence electrons. The average Bonchev–Trinajstić information content (AvgIpc) is 3.17. The summed E-state index contributed by atoms with van der Waals surface area (Å²) >= 11 is 0. The first-order valence-electron chi connectivity index (χ1n) is 11.2. The van der Waals surface area contributed by atoms with Crippen LogP contribution in [0.15, 0.2) is 30.6 Å². The van der Waals surface area contributed by atoms with Crippen LogP contribution in [-0.2, 0) is 22.3 Å². The Balaban J connectivity index is 1.58. The van der Waals surface area contributed by atoms with Crippen molar-refractivity contribution in [3.63, 3.8) is 0 Å². The third-order valence-corrected chi connectivity index (χ3v) is 5.25. The van der Waals surface area contributed by atoms with Gasteiger partial charge in [0.1, 0.15) is 5.60 Å². The van der Waals surface area contributed by atoms with E-state index in [0.29, 0.717) is 24.7 Å². The summed E-state index contributed by atoms with van der Waals surface area (Å²) in [6, 6.07) is 4.19. The fourth-order valence-corrected chi connectivity index (χ4v) is 3.35. The molecule has 2 heterocycles. The van der Waals surface area contributed by atoms with E-state index in [9.17, 15) is 27.9 Å². The standard InChI is InChI=1S/C25H26F3N5O4/c1-23(2,3)37-22(35)32-12-17(13-32)6-5-16-11-30-33(14-16)15-24(4,36)21(34)31-19-8-7-18(10-29)20(9-19)25(26,27)28/h7-9,11,14,17,36H,12-13,15H2,1-4H3,(H,31,34)/t24-/m0/s1. The van der Waals surface area contributed by atoms with E-state index in [0.717, 1.165) is 12.1 Å². The zero-order valence-corrected chi connectivity index (χ0v) is 20.7. The maximum Gasteiger partial charge on any atom is 0.417 e. The molecule has 9 nitrogen and oxygen atoms in total. The van der Waals surface area contributed by atoms with Gasteiger partial charge in [0.25, 0.3) is 5.91 Å². The minimum Gasteiger partial charge on any atom is -0.444 e. The molecule has 1 atom stereocenters. The predicted octanol–water partition coefficient (Wildman–Crippen LogP) is 3.38. The maximum atomic E-state index is 13.2. The van der Waals surface area contributed by atoms with Crippen molar-refractivity contribution in [1.29, 1.82) is 5.26 Å². The maximum absolute atomic E-state index is 13.2. The topological polar surface area (TPSA) is 120 Å². The lowest BCUT2D eigenvalue weighted by molar-refractivity contribution is -0.138. The summed E-state index contributed by atoms with van der Waals surface area (Å²) < 4.78 is 46.1. The van der Waals surface area contributed by atoms with Crippen molar-refractivity contribution in [2.24, 2.45) is 5.92 Å². The summed E-state index contributed by atoms with van der Waals surface area (Å²) in [5.74, 6) is 4.98. The van der Waals surface area contributed by atoms with Gasteiger partial charge in [-0.05, 0) is 45.9 Å². The summed E-state index contributed by atoms with van der Waals surface area (Å²) in [6.07, 6.45) is -2.22. The molecule has 0 saturated carbocycles. The molecular weight excluding hydrogens is 491 g/mol. The van der Waals surface area contributed by atoms with Gasteiger partial charge in [-0.15, -0.1) is 0 Å². The number of nitriles is 1. The van der Waals surface area contributed by atoms with Crippen LogP contribution in [0.3, 0.4) is 0 Å². The number of aliphatic hydroxyl groups is 1. The van der Waals surface area contributed by atoms with Gasteiger partial charge in [-0.2, -0.15) is 23.5 Å². The highest BCUT2D eigenvalue weighted by atomic mass is 19.4. The Morgan fingerprint density at radius 1 is 1.24 bits per heavy atom. The van der Waals surface area contributed by atoms with Crippen LogP contribution in [0.25, 0.3) is 0 Å². The molecule has 1 fully saturated rings. The van der Waals surface area contributed by atoms with E-state index < -0.39 is 40.5 Å². The number of alkyl halides is 3. The minimum atomic E-state index is -4.78. The Kier molecular flexibility index (Phi) is 7.56. The molecule has 1 saturated heterocycles. The van der Waals surface area contributed by atoms with Crippen LogP contribution in [0.5, 0.6) is 0 Å². The van der Waals surface area contributed by atoms with Crippen molar-refractivity contribution in [2.75, 3.05) is 18.4 Å².